The van der Waals surface area contributed by atoms with Crippen molar-refractivity contribution >= 4 is 21.8 Å². The van der Waals surface area contributed by atoms with Crippen LogP contribution in [-0.4, -0.2) is 37.9 Å². The van der Waals surface area contributed by atoms with Crippen molar-refractivity contribution in [3.05, 3.63) is 52.8 Å². The Bertz CT molecular complexity index is 1040. The number of Topliss-reactive ketones (excluding diaryl/α,β-unsaturated/α-hetero) is 1. The van der Waals surface area contributed by atoms with Crippen molar-refractivity contribution in [2.75, 3.05) is 13.2 Å². The first-order chi connectivity index (χ1) is 13.7. The van der Waals surface area contributed by atoms with Gasteiger partial charge in [0.2, 0.25) is 15.8 Å². The van der Waals surface area contributed by atoms with E-state index in [-0.39, 0.29) is 16.2 Å². The summed E-state index contributed by atoms with van der Waals surface area (Å²) in [7, 11) is -3.69. The second-order valence-electron chi connectivity index (χ2n) is 7.31. The highest BCUT2D eigenvalue weighted by atomic mass is 32.2. The van der Waals surface area contributed by atoms with Gasteiger partial charge in [-0.3, -0.25) is 4.79 Å². The molecular formula is C21H26N2O5S. The third-order valence-electron chi connectivity index (χ3n) is 4.95. The lowest BCUT2D eigenvalue weighted by atomic mass is 10.1. The molecule has 1 saturated carbocycles. The molecule has 1 N–H and O–H groups in total. The molecule has 0 amide bonds. The number of nitrogens with zero attached hydrogens (tertiary/aromatic N) is 1. The standard InChI is InChI=1S/C21H26N2O5S/c1-4-10-22-29(26,27)18-7-5-6-16(12-18)21(25)28-13-20(24)19-11-14(2)23(15(19)3)17-8-9-17/h5-7,11-12,17,22H,4,8-10,13H2,1-3H3. The van der Waals surface area contributed by atoms with Gasteiger partial charge in [-0.1, -0.05) is 13.0 Å². The lowest BCUT2D eigenvalue weighted by Gasteiger charge is -2.09. The van der Waals surface area contributed by atoms with Gasteiger partial charge in [0.15, 0.2) is 6.61 Å². The Labute approximate surface area is 171 Å². The monoisotopic (exact) mass is 418 g/mol. The van der Waals surface area contributed by atoms with Crippen LogP contribution >= 0.6 is 0 Å². The number of benzene rings is 1. The Hall–Kier alpha value is -2.45. The fraction of sp³-hybridized carbons (Fsp3) is 0.429. The van der Waals surface area contributed by atoms with Crippen LogP contribution in [0.5, 0.6) is 0 Å². The number of ketones is 1. The number of carbonyl (C=O) groups excluding carboxylic acids is 2. The molecule has 0 bridgehead atoms. The minimum atomic E-state index is -3.69. The largest absolute Gasteiger partial charge is 0.454 e. The summed E-state index contributed by atoms with van der Waals surface area (Å²) < 4.78 is 34.2. The second-order valence-corrected chi connectivity index (χ2v) is 9.08. The molecule has 1 aliphatic carbocycles. The van der Waals surface area contributed by atoms with Crippen LogP contribution < -0.4 is 4.72 Å². The summed E-state index contributed by atoms with van der Waals surface area (Å²) in [6.07, 6.45) is 2.89. The molecule has 1 aliphatic rings. The number of sulfonamides is 1. The van der Waals surface area contributed by atoms with Gasteiger partial charge >= 0.3 is 5.97 Å². The predicted octanol–water partition coefficient (Wildman–Crippen LogP) is 3.17. The summed E-state index contributed by atoms with van der Waals surface area (Å²) in [5.41, 5.74) is 2.56. The van der Waals surface area contributed by atoms with E-state index >= 15 is 0 Å². The van der Waals surface area contributed by atoms with Crippen molar-refractivity contribution in [1.29, 1.82) is 0 Å². The van der Waals surface area contributed by atoms with Crippen LogP contribution in [0.4, 0.5) is 0 Å². The molecule has 8 heteroatoms. The van der Waals surface area contributed by atoms with Crippen LogP contribution in [0.1, 0.15) is 64.3 Å². The van der Waals surface area contributed by atoms with Crippen molar-refractivity contribution in [3.8, 4) is 0 Å². The molecule has 0 aliphatic heterocycles. The van der Waals surface area contributed by atoms with Crippen molar-refractivity contribution < 1.29 is 22.7 Å². The summed E-state index contributed by atoms with van der Waals surface area (Å²) in [6, 6.07) is 7.89. The van der Waals surface area contributed by atoms with E-state index in [1.165, 1.54) is 24.3 Å². The second kappa shape index (κ2) is 8.51. The van der Waals surface area contributed by atoms with Gasteiger partial charge in [0.05, 0.1) is 10.5 Å². The van der Waals surface area contributed by atoms with Gasteiger partial charge in [-0.05, 0) is 57.4 Å². The van der Waals surface area contributed by atoms with Gasteiger partial charge in [0, 0.05) is 29.5 Å². The molecule has 0 radical (unpaired) electrons. The van der Waals surface area contributed by atoms with E-state index in [1.807, 2.05) is 26.8 Å². The number of nitrogens with one attached hydrogen (secondary N) is 1. The number of rotatable bonds is 9. The fourth-order valence-corrected chi connectivity index (χ4v) is 4.54. The third-order valence-corrected chi connectivity index (χ3v) is 6.41. The van der Waals surface area contributed by atoms with Crippen LogP contribution in [0, 0.1) is 13.8 Å². The zero-order valence-corrected chi connectivity index (χ0v) is 17.7. The van der Waals surface area contributed by atoms with E-state index < -0.39 is 22.6 Å². The number of ether oxygens (including phenoxy) is 1. The Morgan fingerprint density at radius 3 is 2.59 bits per heavy atom. The van der Waals surface area contributed by atoms with Crippen LogP contribution in [-0.2, 0) is 14.8 Å². The van der Waals surface area contributed by atoms with Gasteiger partial charge in [-0.15, -0.1) is 0 Å². The molecule has 0 spiro atoms. The van der Waals surface area contributed by atoms with E-state index in [1.54, 1.807) is 0 Å². The maximum Gasteiger partial charge on any atom is 0.338 e. The number of esters is 1. The lowest BCUT2D eigenvalue weighted by Crippen LogP contribution is -2.24. The Balaban J connectivity index is 1.67. The van der Waals surface area contributed by atoms with Crippen molar-refractivity contribution in [1.82, 2.24) is 9.29 Å². The summed E-state index contributed by atoms with van der Waals surface area (Å²) in [5, 5.41) is 0. The minimum Gasteiger partial charge on any atom is -0.454 e. The molecule has 1 aromatic heterocycles. The average molecular weight is 419 g/mol. The van der Waals surface area contributed by atoms with Gasteiger partial charge in [-0.2, -0.15) is 0 Å². The summed E-state index contributed by atoms with van der Waals surface area (Å²) in [6.45, 7) is 5.64. The maximum atomic E-state index is 12.6. The van der Waals surface area contributed by atoms with E-state index in [9.17, 15) is 18.0 Å². The smallest absolute Gasteiger partial charge is 0.338 e. The third kappa shape index (κ3) is 4.76. The molecule has 0 saturated heterocycles. The van der Waals surface area contributed by atoms with Crippen LogP contribution in [0.15, 0.2) is 35.2 Å². The first kappa shape index (κ1) is 21.3. The molecule has 0 atom stereocenters. The predicted molar refractivity (Wildman–Crippen MR) is 109 cm³/mol. The van der Waals surface area contributed by atoms with E-state index in [4.69, 9.17) is 4.74 Å². The number of hydrogen-bond acceptors (Lipinski definition) is 5. The highest BCUT2D eigenvalue weighted by Crippen LogP contribution is 2.38. The first-order valence-electron chi connectivity index (χ1n) is 9.73. The molecule has 1 heterocycles. The highest BCUT2D eigenvalue weighted by molar-refractivity contribution is 7.89. The summed E-state index contributed by atoms with van der Waals surface area (Å²) in [5.74, 6) is -1.01. The maximum absolute atomic E-state index is 12.6. The average Bonchev–Trinajstić information content (AvgIpc) is 3.48. The van der Waals surface area contributed by atoms with Gasteiger partial charge < -0.3 is 9.30 Å². The molecule has 7 nitrogen and oxygen atoms in total. The van der Waals surface area contributed by atoms with Gasteiger partial charge in [0.25, 0.3) is 0 Å². The molecule has 156 valence electrons. The van der Waals surface area contributed by atoms with Gasteiger partial charge in [-0.25, -0.2) is 17.9 Å². The normalized spacial score (nSPS) is 14.0. The van der Waals surface area contributed by atoms with Gasteiger partial charge in [0.1, 0.15) is 0 Å². The molecule has 0 unspecified atom stereocenters. The Morgan fingerprint density at radius 1 is 1.21 bits per heavy atom. The van der Waals surface area contributed by atoms with Crippen molar-refractivity contribution in [3.63, 3.8) is 0 Å². The number of hydrogen-bond donors (Lipinski definition) is 1. The lowest BCUT2D eigenvalue weighted by molar-refractivity contribution is 0.0474. The van der Waals surface area contributed by atoms with Crippen molar-refractivity contribution in [2.24, 2.45) is 0 Å². The minimum absolute atomic E-state index is 0.0142. The zero-order valence-electron chi connectivity index (χ0n) is 16.9. The van der Waals surface area contributed by atoms with E-state index in [0.29, 0.717) is 24.6 Å². The van der Waals surface area contributed by atoms with E-state index in [0.717, 1.165) is 24.2 Å². The quantitative estimate of drug-likeness (QED) is 0.499. The molecule has 2 aromatic rings. The Kier molecular flexibility index (Phi) is 6.24. The number of carbonyl (C=O) groups is 2. The van der Waals surface area contributed by atoms with Crippen molar-refractivity contribution in [2.45, 2.75) is 51.0 Å². The van der Waals surface area contributed by atoms with Crippen LogP contribution in [0.2, 0.25) is 0 Å². The topological polar surface area (TPSA) is 94.5 Å². The Morgan fingerprint density at radius 2 is 1.93 bits per heavy atom. The SMILES string of the molecule is CCCNS(=O)(=O)c1cccc(C(=O)OCC(=O)c2cc(C)n(C3CC3)c2C)c1. The molecule has 1 aromatic carbocycles. The molecule has 3 rings (SSSR count). The number of aryl methyl sites for hydroxylation is 1. The summed E-state index contributed by atoms with van der Waals surface area (Å²) in [4.78, 5) is 24.9. The zero-order chi connectivity index (χ0) is 21.2. The van der Waals surface area contributed by atoms with Crippen LogP contribution in [0.3, 0.4) is 0 Å². The fourth-order valence-electron chi connectivity index (χ4n) is 3.36. The first-order valence-corrected chi connectivity index (χ1v) is 11.2. The highest BCUT2D eigenvalue weighted by Gasteiger charge is 2.28. The number of aromatic nitrogens is 1. The van der Waals surface area contributed by atoms with E-state index in [2.05, 4.69) is 9.29 Å². The summed E-state index contributed by atoms with van der Waals surface area (Å²) >= 11 is 0. The molecule has 29 heavy (non-hydrogen) atoms. The van der Waals surface area contributed by atoms with Crippen LogP contribution in [0.25, 0.3) is 0 Å². The molecular weight excluding hydrogens is 392 g/mol. The molecule has 1 fully saturated rings.